The van der Waals surface area contributed by atoms with Gasteiger partial charge in [0.2, 0.25) is 0 Å². The van der Waals surface area contributed by atoms with Gasteiger partial charge in [0.1, 0.15) is 5.24 Å². The molecule has 60 valence electrons. The molecule has 0 aliphatic carbocycles. The van der Waals surface area contributed by atoms with Crippen LogP contribution in [0, 0.1) is 0 Å². The van der Waals surface area contributed by atoms with Gasteiger partial charge in [-0.15, -0.1) is 0 Å². The fourth-order valence-corrected chi connectivity index (χ4v) is 0. The van der Waals surface area contributed by atoms with Gasteiger partial charge in [-0.05, 0) is 0 Å². The molecule has 0 aliphatic heterocycles. The summed E-state index contributed by atoms with van der Waals surface area (Å²) in [6.45, 7) is 0. The Morgan fingerprint density at radius 1 is 1.17 bits per heavy atom. The zero-order valence-electron chi connectivity index (χ0n) is 7.66. The Bertz CT molecular complexity index is 130. The molecule has 2 amide bonds. The van der Waals surface area contributed by atoms with E-state index in [9.17, 15) is 4.79 Å². The van der Waals surface area contributed by atoms with Crippen molar-refractivity contribution in [2.75, 3.05) is 14.1 Å². The van der Waals surface area contributed by atoms with Crippen LogP contribution < -0.4 is 64.8 Å². The molecule has 0 unspecified atom stereocenters. The Balaban J connectivity index is -0.0000000483. The molecule has 0 heterocycles. The van der Waals surface area contributed by atoms with Gasteiger partial charge in [-0.25, -0.2) is 0 Å². The topological polar surface area (TPSA) is 63.4 Å². The molecule has 0 saturated heterocycles. The number of nitrogens with zero attached hydrogens (tertiary/aromatic N) is 1. The van der Waals surface area contributed by atoms with Crippen molar-refractivity contribution in [2.45, 2.75) is 0 Å². The number of amides is 2. The van der Waals surface area contributed by atoms with Crippen LogP contribution in [0.3, 0.4) is 0 Å². The van der Waals surface area contributed by atoms with Gasteiger partial charge in [0, 0.05) is 14.1 Å². The average Bonchev–Trinajstić information content (AvgIpc) is 1.63. The predicted octanol–water partition coefficient (Wildman–Crippen LogP) is -6.17. The number of hydrogen-bond donors (Lipinski definition) is 1. The van der Waals surface area contributed by atoms with Crippen LogP contribution in [0.2, 0.25) is 0 Å². The van der Waals surface area contributed by atoms with Gasteiger partial charge in [0.25, 0.3) is 0 Å². The summed E-state index contributed by atoms with van der Waals surface area (Å²) in [7, 11) is 3.24. The third-order valence-corrected chi connectivity index (χ3v) is 0.730. The SMILES string of the molecule is CN(C)C(=O)[S-].NC(=O)[S-].[Na+].[Na+]. The summed E-state index contributed by atoms with van der Waals surface area (Å²) >= 11 is 7.95. The van der Waals surface area contributed by atoms with Crippen molar-refractivity contribution in [1.82, 2.24) is 4.90 Å². The summed E-state index contributed by atoms with van der Waals surface area (Å²) < 4.78 is 0. The molecule has 0 bridgehead atoms. The largest absolute Gasteiger partial charge is 1.00 e. The second kappa shape index (κ2) is 14.9. The zero-order chi connectivity index (χ0) is 8.73. The smallest absolute Gasteiger partial charge is 0.719 e. The maximum absolute atomic E-state index is 9.88. The van der Waals surface area contributed by atoms with Crippen LogP contribution >= 0.6 is 0 Å². The zero-order valence-corrected chi connectivity index (χ0v) is 13.3. The Morgan fingerprint density at radius 3 is 1.25 bits per heavy atom. The molecule has 0 fully saturated rings. The van der Waals surface area contributed by atoms with Crippen LogP contribution in [0.25, 0.3) is 0 Å². The molecule has 0 aliphatic rings. The van der Waals surface area contributed by atoms with Crippen molar-refractivity contribution >= 4 is 35.7 Å². The molecule has 0 aromatic rings. The van der Waals surface area contributed by atoms with Crippen LogP contribution in [0.15, 0.2) is 0 Å². The van der Waals surface area contributed by atoms with Crippen molar-refractivity contribution in [3.05, 3.63) is 0 Å². The molecule has 0 spiro atoms. The fraction of sp³-hybridized carbons (Fsp3) is 0.500. The molecule has 12 heavy (non-hydrogen) atoms. The van der Waals surface area contributed by atoms with Crippen molar-refractivity contribution in [1.29, 1.82) is 0 Å². The van der Waals surface area contributed by atoms with E-state index in [4.69, 9.17) is 4.79 Å². The van der Waals surface area contributed by atoms with E-state index in [1.807, 2.05) is 0 Å². The van der Waals surface area contributed by atoms with Crippen molar-refractivity contribution in [3.63, 3.8) is 0 Å². The van der Waals surface area contributed by atoms with Crippen LogP contribution in [0.4, 0.5) is 9.59 Å². The van der Waals surface area contributed by atoms with Crippen molar-refractivity contribution in [2.24, 2.45) is 5.73 Å². The quantitative estimate of drug-likeness (QED) is 0.330. The predicted molar refractivity (Wildman–Crippen MR) is 43.4 cm³/mol. The third-order valence-electron chi connectivity index (χ3n) is 0.365. The Hall–Kier alpha value is 1.38. The van der Waals surface area contributed by atoms with Crippen LogP contribution in [-0.2, 0) is 25.3 Å². The summed E-state index contributed by atoms with van der Waals surface area (Å²) in [4.78, 5) is 20.3. The molecule has 0 aromatic heterocycles. The maximum Gasteiger partial charge on any atom is 1.00 e. The Kier molecular flexibility index (Phi) is 28.9. The first-order valence-corrected chi connectivity index (χ1v) is 3.04. The van der Waals surface area contributed by atoms with Gasteiger partial charge in [0.15, 0.2) is 0 Å². The van der Waals surface area contributed by atoms with Gasteiger partial charge in [0.05, 0.1) is 5.24 Å². The summed E-state index contributed by atoms with van der Waals surface area (Å²) in [5, 5.41) is -1.07. The molecule has 0 rings (SSSR count). The van der Waals surface area contributed by atoms with E-state index in [0.29, 0.717) is 0 Å². The minimum absolute atomic E-state index is 0. The number of carbonyl (C=O) groups is 2. The van der Waals surface area contributed by atoms with Gasteiger partial charge >= 0.3 is 59.1 Å². The monoisotopic (exact) mass is 226 g/mol. The Morgan fingerprint density at radius 2 is 1.25 bits per heavy atom. The van der Waals surface area contributed by atoms with E-state index in [-0.39, 0.29) is 64.4 Å². The summed E-state index contributed by atoms with van der Waals surface area (Å²) in [5.74, 6) is 0. The van der Waals surface area contributed by atoms with Crippen molar-refractivity contribution < 1.29 is 68.7 Å². The van der Waals surface area contributed by atoms with Gasteiger partial charge in [-0.1, -0.05) is 0 Å². The molecule has 2 N–H and O–H groups in total. The molecule has 0 atom stereocenters. The summed E-state index contributed by atoms with van der Waals surface area (Å²) in [6, 6.07) is 0. The molecular weight excluding hydrogens is 218 g/mol. The third kappa shape index (κ3) is 42.4. The van der Waals surface area contributed by atoms with E-state index < -0.39 is 5.24 Å². The van der Waals surface area contributed by atoms with Gasteiger partial charge in [-0.3, -0.25) is 0 Å². The van der Waals surface area contributed by atoms with E-state index in [0.717, 1.165) is 0 Å². The molecule has 0 radical (unpaired) electrons. The summed E-state index contributed by atoms with van der Waals surface area (Å²) in [5.41, 5.74) is 4.29. The first-order chi connectivity index (χ1) is 4.37. The summed E-state index contributed by atoms with van der Waals surface area (Å²) in [6.07, 6.45) is 0. The number of hydrogen-bond acceptors (Lipinski definition) is 4. The molecule has 0 saturated carbocycles. The number of carbonyl (C=O) groups excluding carboxylic acids is 2. The Labute approximate surface area is 127 Å². The van der Waals surface area contributed by atoms with Crippen LogP contribution in [0.5, 0.6) is 0 Å². The number of rotatable bonds is 0. The minimum atomic E-state index is -0.750. The first kappa shape index (κ1) is 23.3. The molecule has 4 nitrogen and oxygen atoms in total. The van der Waals surface area contributed by atoms with Crippen LogP contribution in [-0.4, -0.2) is 29.5 Å². The molecular formula is C4H8N2Na2O2S2. The van der Waals surface area contributed by atoms with E-state index in [1.54, 1.807) is 14.1 Å². The second-order valence-corrected chi connectivity index (χ2v) is 2.23. The van der Waals surface area contributed by atoms with Crippen molar-refractivity contribution in [3.8, 4) is 0 Å². The minimum Gasteiger partial charge on any atom is -0.719 e. The normalized spacial score (nSPS) is 5.83. The second-order valence-electron chi connectivity index (χ2n) is 1.48. The van der Waals surface area contributed by atoms with Crippen LogP contribution in [0.1, 0.15) is 0 Å². The number of nitrogens with two attached hydrogens (primary N) is 1. The molecule has 0 aromatic carbocycles. The first-order valence-electron chi connectivity index (χ1n) is 2.22. The fourth-order valence-electron chi connectivity index (χ4n) is 0. The standard InChI is InChI=1S/C3H7NOS.CH3NOS.2Na/c1-4(2)3(5)6;2-1(3)4;;/h1-2H3,(H,5,6);(H3,2,3,4);;/q;;2*+1/p-2. The van der Waals surface area contributed by atoms with E-state index >= 15 is 0 Å². The van der Waals surface area contributed by atoms with E-state index in [2.05, 4.69) is 31.0 Å². The van der Waals surface area contributed by atoms with Gasteiger partial charge in [-0.2, -0.15) is 0 Å². The van der Waals surface area contributed by atoms with E-state index in [1.165, 1.54) is 4.90 Å². The average molecular weight is 226 g/mol. The maximum atomic E-state index is 9.88. The van der Waals surface area contributed by atoms with Gasteiger partial charge < -0.3 is 45.5 Å². The number of primary amides is 1. The molecule has 8 heteroatoms.